The van der Waals surface area contributed by atoms with Crippen molar-refractivity contribution < 1.29 is 9.47 Å². The maximum atomic E-state index is 5.89. The molecule has 6 heteroatoms. The number of likely N-dealkylation sites (tertiary alicyclic amines) is 1. The van der Waals surface area contributed by atoms with Crippen LogP contribution in [0.15, 0.2) is 53.7 Å². The van der Waals surface area contributed by atoms with Gasteiger partial charge < -0.3 is 19.7 Å². The zero-order valence-corrected chi connectivity index (χ0v) is 17.5. The lowest BCUT2D eigenvalue weighted by Crippen LogP contribution is -2.47. The SMILES string of the molecule is CCNC(=NCc1cccc(OCc2ccccn2)c1)N1CCC(OCC)CC1. The maximum absolute atomic E-state index is 5.89. The van der Waals surface area contributed by atoms with Gasteiger partial charge >= 0.3 is 0 Å². The first-order valence-corrected chi connectivity index (χ1v) is 10.5. The first-order chi connectivity index (χ1) is 14.3. The zero-order valence-electron chi connectivity index (χ0n) is 17.5. The van der Waals surface area contributed by atoms with Crippen molar-refractivity contribution in [2.75, 3.05) is 26.2 Å². The molecule has 1 saturated heterocycles. The van der Waals surface area contributed by atoms with Crippen LogP contribution < -0.4 is 10.1 Å². The van der Waals surface area contributed by atoms with E-state index in [1.807, 2.05) is 30.3 Å². The Morgan fingerprint density at radius 2 is 2.03 bits per heavy atom. The summed E-state index contributed by atoms with van der Waals surface area (Å²) in [6, 6.07) is 14.0. The zero-order chi connectivity index (χ0) is 20.3. The van der Waals surface area contributed by atoms with Crippen molar-refractivity contribution in [3.05, 3.63) is 59.9 Å². The highest BCUT2D eigenvalue weighted by atomic mass is 16.5. The molecule has 1 aliphatic rings. The minimum Gasteiger partial charge on any atom is -0.487 e. The number of pyridine rings is 1. The molecule has 2 aromatic rings. The molecule has 29 heavy (non-hydrogen) atoms. The lowest BCUT2D eigenvalue weighted by Gasteiger charge is -2.34. The summed E-state index contributed by atoms with van der Waals surface area (Å²) in [4.78, 5) is 11.5. The van der Waals surface area contributed by atoms with Crippen LogP contribution in [0.25, 0.3) is 0 Å². The van der Waals surface area contributed by atoms with Crippen molar-refractivity contribution in [1.82, 2.24) is 15.2 Å². The number of guanidine groups is 1. The average molecular weight is 397 g/mol. The molecule has 6 nitrogen and oxygen atoms in total. The van der Waals surface area contributed by atoms with Crippen molar-refractivity contribution in [3.63, 3.8) is 0 Å². The third-order valence-corrected chi connectivity index (χ3v) is 4.90. The fraction of sp³-hybridized carbons (Fsp3) is 0.478. The predicted octanol–water partition coefficient (Wildman–Crippen LogP) is 3.63. The van der Waals surface area contributed by atoms with E-state index in [0.29, 0.717) is 19.3 Å². The number of rotatable bonds is 8. The third kappa shape index (κ3) is 6.75. The van der Waals surface area contributed by atoms with Gasteiger partial charge in [-0.25, -0.2) is 4.99 Å². The van der Waals surface area contributed by atoms with E-state index >= 15 is 0 Å². The van der Waals surface area contributed by atoms with Crippen LogP contribution in [-0.4, -0.2) is 48.2 Å². The van der Waals surface area contributed by atoms with Gasteiger partial charge in [0.2, 0.25) is 0 Å². The summed E-state index contributed by atoms with van der Waals surface area (Å²) >= 11 is 0. The summed E-state index contributed by atoms with van der Waals surface area (Å²) < 4.78 is 11.7. The number of aliphatic imine (C=N–C) groups is 1. The molecule has 0 aliphatic carbocycles. The van der Waals surface area contributed by atoms with Crippen molar-refractivity contribution in [2.24, 2.45) is 4.99 Å². The van der Waals surface area contributed by atoms with Crippen LogP contribution in [0.1, 0.15) is 37.9 Å². The number of ether oxygens (including phenoxy) is 2. The van der Waals surface area contributed by atoms with Crippen LogP contribution in [0.5, 0.6) is 5.75 Å². The standard InChI is InChI=1S/C23H32N4O2/c1-3-24-23(27-14-11-21(12-15-27)28-4-2)26-17-19-8-7-10-22(16-19)29-18-20-9-5-6-13-25-20/h5-10,13,16,21H,3-4,11-12,14-15,17-18H2,1-2H3,(H,24,26). The molecule has 0 amide bonds. The van der Waals surface area contributed by atoms with E-state index in [0.717, 1.165) is 62.0 Å². The van der Waals surface area contributed by atoms with Gasteiger partial charge in [-0.15, -0.1) is 0 Å². The highest BCUT2D eigenvalue weighted by Crippen LogP contribution is 2.17. The smallest absolute Gasteiger partial charge is 0.194 e. The largest absolute Gasteiger partial charge is 0.487 e. The molecule has 156 valence electrons. The molecular formula is C23H32N4O2. The van der Waals surface area contributed by atoms with E-state index in [2.05, 4.69) is 41.2 Å². The maximum Gasteiger partial charge on any atom is 0.194 e. The molecule has 1 aromatic carbocycles. The Labute approximate surface area is 174 Å². The Balaban J connectivity index is 1.57. The van der Waals surface area contributed by atoms with Crippen LogP contribution >= 0.6 is 0 Å². The second-order valence-corrected chi connectivity index (χ2v) is 7.07. The highest BCUT2D eigenvalue weighted by Gasteiger charge is 2.21. The summed E-state index contributed by atoms with van der Waals surface area (Å²) in [7, 11) is 0. The molecule has 1 aromatic heterocycles. The second kappa shape index (κ2) is 11.4. The molecule has 0 saturated carbocycles. The summed E-state index contributed by atoms with van der Waals surface area (Å²) in [6.45, 7) is 8.85. The van der Waals surface area contributed by atoms with E-state index < -0.39 is 0 Å². The van der Waals surface area contributed by atoms with Crippen LogP contribution in [0.3, 0.4) is 0 Å². The second-order valence-electron chi connectivity index (χ2n) is 7.07. The molecule has 1 N–H and O–H groups in total. The fourth-order valence-corrected chi connectivity index (χ4v) is 3.44. The van der Waals surface area contributed by atoms with E-state index in [9.17, 15) is 0 Å². The third-order valence-electron chi connectivity index (χ3n) is 4.90. The monoisotopic (exact) mass is 396 g/mol. The molecule has 1 aliphatic heterocycles. The minimum absolute atomic E-state index is 0.382. The molecule has 2 heterocycles. The summed E-state index contributed by atoms with van der Waals surface area (Å²) in [5, 5.41) is 3.43. The Hall–Kier alpha value is -2.60. The molecule has 0 unspecified atom stereocenters. The molecule has 3 rings (SSSR count). The van der Waals surface area contributed by atoms with Crippen molar-refractivity contribution in [3.8, 4) is 5.75 Å². The van der Waals surface area contributed by atoms with Gasteiger partial charge in [0.15, 0.2) is 5.96 Å². The average Bonchev–Trinajstić information content (AvgIpc) is 2.77. The molecule has 0 spiro atoms. The number of nitrogens with zero attached hydrogens (tertiary/aromatic N) is 3. The summed E-state index contributed by atoms with van der Waals surface area (Å²) in [5.41, 5.74) is 2.05. The first kappa shape index (κ1) is 21.1. The number of nitrogens with one attached hydrogen (secondary N) is 1. The molecule has 0 radical (unpaired) electrons. The highest BCUT2D eigenvalue weighted by molar-refractivity contribution is 5.80. The summed E-state index contributed by atoms with van der Waals surface area (Å²) in [6.07, 6.45) is 4.26. The van der Waals surface area contributed by atoms with Gasteiger partial charge in [-0.1, -0.05) is 18.2 Å². The quantitative estimate of drug-likeness (QED) is 0.545. The topological polar surface area (TPSA) is 59.0 Å². The van der Waals surface area contributed by atoms with E-state index in [1.54, 1.807) is 6.20 Å². The number of piperidine rings is 1. The van der Waals surface area contributed by atoms with Crippen LogP contribution in [0.2, 0.25) is 0 Å². The van der Waals surface area contributed by atoms with Gasteiger partial charge in [-0.2, -0.15) is 0 Å². The molecular weight excluding hydrogens is 364 g/mol. The Bertz CT molecular complexity index is 758. The van der Waals surface area contributed by atoms with Crippen LogP contribution in [-0.2, 0) is 17.9 Å². The van der Waals surface area contributed by atoms with Crippen LogP contribution in [0.4, 0.5) is 0 Å². The Morgan fingerprint density at radius 1 is 1.17 bits per heavy atom. The lowest BCUT2D eigenvalue weighted by molar-refractivity contribution is 0.0263. The molecule has 1 fully saturated rings. The predicted molar refractivity (Wildman–Crippen MR) is 116 cm³/mol. The van der Waals surface area contributed by atoms with E-state index in [1.165, 1.54) is 0 Å². The van der Waals surface area contributed by atoms with Crippen molar-refractivity contribution in [2.45, 2.75) is 45.9 Å². The van der Waals surface area contributed by atoms with E-state index in [-0.39, 0.29) is 0 Å². The lowest BCUT2D eigenvalue weighted by atomic mass is 10.1. The number of aromatic nitrogens is 1. The van der Waals surface area contributed by atoms with Gasteiger partial charge in [-0.3, -0.25) is 4.98 Å². The van der Waals surface area contributed by atoms with Gasteiger partial charge in [-0.05, 0) is 56.5 Å². The Morgan fingerprint density at radius 3 is 2.76 bits per heavy atom. The van der Waals surface area contributed by atoms with E-state index in [4.69, 9.17) is 14.5 Å². The molecule has 0 bridgehead atoms. The van der Waals surface area contributed by atoms with Crippen molar-refractivity contribution >= 4 is 5.96 Å². The summed E-state index contributed by atoms with van der Waals surface area (Å²) in [5.74, 6) is 1.81. The molecule has 0 atom stereocenters. The van der Waals surface area contributed by atoms with Gasteiger partial charge in [0.1, 0.15) is 12.4 Å². The number of hydrogen-bond acceptors (Lipinski definition) is 4. The first-order valence-electron chi connectivity index (χ1n) is 10.5. The minimum atomic E-state index is 0.382. The van der Waals surface area contributed by atoms with Gasteiger partial charge in [0.25, 0.3) is 0 Å². The fourth-order valence-electron chi connectivity index (χ4n) is 3.44. The van der Waals surface area contributed by atoms with Crippen molar-refractivity contribution in [1.29, 1.82) is 0 Å². The Kier molecular flexibility index (Phi) is 8.31. The van der Waals surface area contributed by atoms with Gasteiger partial charge in [0.05, 0.1) is 18.3 Å². The van der Waals surface area contributed by atoms with Gasteiger partial charge in [0, 0.05) is 32.4 Å². The number of benzene rings is 1. The number of hydrogen-bond donors (Lipinski definition) is 1. The normalized spacial score (nSPS) is 15.4. The van der Waals surface area contributed by atoms with Crippen LogP contribution in [0, 0.1) is 0 Å².